The minimum absolute atomic E-state index is 0.0961. The van der Waals surface area contributed by atoms with Crippen LogP contribution in [0.2, 0.25) is 0 Å². The van der Waals surface area contributed by atoms with Crippen molar-refractivity contribution in [2.45, 2.75) is 26.3 Å². The van der Waals surface area contributed by atoms with Gasteiger partial charge in [0.15, 0.2) is 0 Å². The minimum atomic E-state index is -0.805. The molecule has 3 N–H and O–H groups in total. The summed E-state index contributed by atoms with van der Waals surface area (Å²) in [6.45, 7) is 3.83. The van der Waals surface area contributed by atoms with Gasteiger partial charge in [0.2, 0.25) is 0 Å². The van der Waals surface area contributed by atoms with Gasteiger partial charge < -0.3 is 10.5 Å². The van der Waals surface area contributed by atoms with Gasteiger partial charge in [-0.15, -0.1) is 0 Å². The summed E-state index contributed by atoms with van der Waals surface area (Å²) < 4.78 is 0. The Balaban J connectivity index is 2.36. The third-order valence-corrected chi connectivity index (χ3v) is 2.00. The lowest BCUT2D eigenvalue weighted by atomic mass is 10.2. The van der Waals surface area contributed by atoms with E-state index in [0.717, 1.165) is 5.69 Å². The van der Waals surface area contributed by atoms with Gasteiger partial charge in [-0.3, -0.25) is 4.79 Å². The summed E-state index contributed by atoms with van der Waals surface area (Å²) in [4.78, 5) is 10.4. The second-order valence-corrected chi connectivity index (χ2v) is 3.63. The lowest BCUT2D eigenvalue weighted by Crippen LogP contribution is -2.33. The van der Waals surface area contributed by atoms with Gasteiger partial charge in [-0.1, -0.05) is 17.7 Å². The average Bonchev–Trinajstić information content (AvgIpc) is 2.16. The summed E-state index contributed by atoms with van der Waals surface area (Å²) in [6, 6.07) is 7.76. The molecule has 1 unspecified atom stereocenters. The number of hydrogen-bond acceptors (Lipinski definition) is 3. The first-order chi connectivity index (χ1) is 7.08. The fraction of sp³-hybridized carbons (Fsp3) is 0.364. The van der Waals surface area contributed by atoms with Crippen LogP contribution in [0.25, 0.3) is 0 Å². The predicted octanol–water partition coefficient (Wildman–Crippen LogP) is 1.77. The number of aryl methyl sites for hydroxylation is 1. The molecule has 4 heteroatoms. The van der Waals surface area contributed by atoms with Crippen LogP contribution >= 0.6 is 0 Å². The van der Waals surface area contributed by atoms with Crippen LogP contribution in [0.3, 0.4) is 0 Å². The highest BCUT2D eigenvalue weighted by Crippen LogP contribution is 2.07. The molecule has 82 valence electrons. The lowest BCUT2D eigenvalue weighted by Gasteiger charge is -2.13. The third-order valence-electron chi connectivity index (χ3n) is 2.00. The summed E-state index contributed by atoms with van der Waals surface area (Å²) in [7, 11) is 0. The van der Waals surface area contributed by atoms with Gasteiger partial charge in [-0.2, -0.15) is 0 Å². The van der Waals surface area contributed by atoms with Crippen molar-refractivity contribution in [3.63, 3.8) is 0 Å². The Morgan fingerprint density at radius 3 is 2.53 bits per heavy atom. The van der Waals surface area contributed by atoms with E-state index in [4.69, 9.17) is 5.11 Å². The molecule has 0 aromatic heterocycles. The molecular weight excluding hydrogens is 192 g/mol. The molecule has 0 saturated carbocycles. The summed E-state index contributed by atoms with van der Waals surface area (Å²) in [5.41, 5.74) is 8.00. The molecule has 0 amide bonds. The van der Waals surface area contributed by atoms with E-state index < -0.39 is 5.97 Å². The van der Waals surface area contributed by atoms with E-state index in [1.807, 2.05) is 38.1 Å². The summed E-state index contributed by atoms with van der Waals surface area (Å²) in [5, 5.41) is 8.55. The topological polar surface area (TPSA) is 61.4 Å². The molecule has 1 aromatic carbocycles. The van der Waals surface area contributed by atoms with E-state index in [9.17, 15) is 4.79 Å². The van der Waals surface area contributed by atoms with Crippen LogP contribution in [-0.2, 0) is 4.79 Å². The van der Waals surface area contributed by atoms with Crippen molar-refractivity contribution >= 4 is 11.7 Å². The Hall–Kier alpha value is -1.55. The Labute approximate surface area is 89.3 Å². The lowest BCUT2D eigenvalue weighted by molar-refractivity contribution is -0.137. The van der Waals surface area contributed by atoms with Gasteiger partial charge >= 0.3 is 5.97 Å². The first-order valence-electron chi connectivity index (χ1n) is 4.88. The van der Waals surface area contributed by atoms with Gasteiger partial charge in [0.25, 0.3) is 0 Å². The fourth-order valence-corrected chi connectivity index (χ4v) is 1.16. The number of carboxylic acids is 1. The molecule has 0 heterocycles. The van der Waals surface area contributed by atoms with Crippen LogP contribution in [0, 0.1) is 6.92 Å². The van der Waals surface area contributed by atoms with E-state index >= 15 is 0 Å². The highest BCUT2D eigenvalue weighted by Gasteiger charge is 2.05. The second-order valence-electron chi connectivity index (χ2n) is 3.63. The predicted molar refractivity (Wildman–Crippen MR) is 59.7 cm³/mol. The number of hydrazine groups is 1. The number of carbonyl (C=O) groups is 1. The Morgan fingerprint density at radius 1 is 1.40 bits per heavy atom. The van der Waals surface area contributed by atoms with Gasteiger partial charge in [0, 0.05) is 11.7 Å². The number of carboxylic acid groups (broad SMARTS) is 1. The summed E-state index contributed by atoms with van der Waals surface area (Å²) in [5.74, 6) is -0.805. The molecule has 0 bridgehead atoms. The molecule has 0 saturated heterocycles. The molecule has 15 heavy (non-hydrogen) atoms. The van der Waals surface area contributed by atoms with E-state index in [0.29, 0.717) is 0 Å². The highest BCUT2D eigenvalue weighted by atomic mass is 16.4. The van der Waals surface area contributed by atoms with E-state index in [-0.39, 0.29) is 12.5 Å². The standard InChI is InChI=1S/C11H16N2O2/c1-8-3-5-10(6-4-8)13-12-9(2)7-11(14)15/h3-6,9,12-13H,7H2,1-2H3,(H,14,15). The zero-order valence-electron chi connectivity index (χ0n) is 8.95. The van der Waals surface area contributed by atoms with Gasteiger partial charge in [-0.25, -0.2) is 5.43 Å². The van der Waals surface area contributed by atoms with Crippen LogP contribution < -0.4 is 10.9 Å². The first kappa shape index (κ1) is 11.5. The molecule has 1 aromatic rings. The molecule has 1 atom stereocenters. The van der Waals surface area contributed by atoms with Crippen LogP contribution in [-0.4, -0.2) is 17.1 Å². The molecule has 0 radical (unpaired) electrons. The largest absolute Gasteiger partial charge is 0.481 e. The Morgan fingerprint density at radius 2 is 2.00 bits per heavy atom. The normalized spacial score (nSPS) is 12.1. The third kappa shape index (κ3) is 4.46. The monoisotopic (exact) mass is 208 g/mol. The Kier molecular flexibility index (Phi) is 4.12. The zero-order valence-corrected chi connectivity index (χ0v) is 8.95. The number of aliphatic carboxylic acids is 1. The first-order valence-corrected chi connectivity index (χ1v) is 4.88. The van der Waals surface area contributed by atoms with Crippen molar-refractivity contribution < 1.29 is 9.90 Å². The average molecular weight is 208 g/mol. The van der Waals surface area contributed by atoms with E-state index in [2.05, 4.69) is 10.9 Å². The molecule has 0 fully saturated rings. The molecule has 0 aliphatic heterocycles. The number of nitrogens with one attached hydrogen (secondary N) is 2. The molecule has 0 aliphatic carbocycles. The van der Waals surface area contributed by atoms with Crippen LogP contribution in [0.5, 0.6) is 0 Å². The van der Waals surface area contributed by atoms with Crippen molar-refractivity contribution in [2.24, 2.45) is 0 Å². The van der Waals surface area contributed by atoms with Crippen molar-refractivity contribution in [1.29, 1.82) is 0 Å². The van der Waals surface area contributed by atoms with Crippen molar-refractivity contribution in [3.8, 4) is 0 Å². The Bertz CT molecular complexity index is 322. The quantitative estimate of drug-likeness (QED) is 0.645. The maximum atomic E-state index is 10.4. The van der Waals surface area contributed by atoms with Crippen molar-refractivity contribution in [1.82, 2.24) is 5.43 Å². The van der Waals surface area contributed by atoms with Crippen LogP contribution in [0.15, 0.2) is 24.3 Å². The van der Waals surface area contributed by atoms with Gasteiger partial charge in [-0.05, 0) is 26.0 Å². The minimum Gasteiger partial charge on any atom is -0.481 e. The maximum absolute atomic E-state index is 10.4. The second kappa shape index (κ2) is 5.36. The number of benzene rings is 1. The fourth-order valence-electron chi connectivity index (χ4n) is 1.16. The smallest absolute Gasteiger partial charge is 0.304 e. The number of hydrogen-bond donors (Lipinski definition) is 3. The van der Waals surface area contributed by atoms with E-state index in [1.54, 1.807) is 0 Å². The SMILES string of the molecule is Cc1ccc(NNC(C)CC(=O)O)cc1. The molecule has 4 nitrogen and oxygen atoms in total. The molecular formula is C11H16N2O2. The molecule has 0 aliphatic rings. The number of rotatable bonds is 5. The number of anilines is 1. The van der Waals surface area contributed by atoms with Crippen LogP contribution in [0.4, 0.5) is 5.69 Å². The van der Waals surface area contributed by atoms with Gasteiger partial charge in [0.05, 0.1) is 6.42 Å². The van der Waals surface area contributed by atoms with Crippen molar-refractivity contribution in [2.75, 3.05) is 5.43 Å². The summed E-state index contributed by atoms with van der Waals surface area (Å²) in [6.07, 6.45) is 0.0961. The maximum Gasteiger partial charge on any atom is 0.304 e. The van der Waals surface area contributed by atoms with E-state index in [1.165, 1.54) is 5.56 Å². The van der Waals surface area contributed by atoms with Crippen molar-refractivity contribution in [3.05, 3.63) is 29.8 Å². The molecule has 1 rings (SSSR count). The molecule has 0 spiro atoms. The zero-order chi connectivity index (χ0) is 11.3. The van der Waals surface area contributed by atoms with Crippen LogP contribution in [0.1, 0.15) is 18.9 Å². The highest BCUT2D eigenvalue weighted by molar-refractivity contribution is 5.67. The van der Waals surface area contributed by atoms with Gasteiger partial charge in [0.1, 0.15) is 0 Å². The summed E-state index contributed by atoms with van der Waals surface area (Å²) >= 11 is 0.